The number of nitrogens with zero attached hydrogens (tertiary/aromatic N) is 5. The van der Waals surface area contributed by atoms with E-state index in [0.717, 1.165) is 53.1 Å². The molecule has 0 radical (unpaired) electrons. The number of ether oxygens (including phenoxy) is 1. The van der Waals surface area contributed by atoms with Gasteiger partial charge in [0.05, 0.1) is 10.9 Å². The number of hydrogen-bond acceptors (Lipinski definition) is 8. The number of anilines is 1. The van der Waals surface area contributed by atoms with Crippen LogP contribution < -0.4 is 15.0 Å². The van der Waals surface area contributed by atoms with Crippen LogP contribution in [0.3, 0.4) is 0 Å². The first-order chi connectivity index (χ1) is 22.3. The quantitative estimate of drug-likeness (QED) is 0.229. The van der Waals surface area contributed by atoms with Gasteiger partial charge < -0.3 is 20.1 Å². The van der Waals surface area contributed by atoms with Crippen LogP contribution in [0.5, 0.6) is 11.8 Å². The average Bonchev–Trinajstić information content (AvgIpc) is 3.66. The van der Waals surface area contributed by atoms with Crippen molar-refractivity contribution in [2.24, 2.45) is 5.92 Å². The van der Waals surface area contributed by atoms with E-state index in [1.54, 1.807) is 18.3 Å². The van der Waals surface area contributed by atoms with Gasteiger partial charge in [0.25, 0.3) is 0 Å². The highest BCUT2D eigenvalue weighted by Gasteiger charge is 2.57. The number of phenols is 1. The van der Waals surface area contributed by atoms with Crippen molar-refractivity contribution in [3.05, 3.63) is 45.9 Å². The first-order valence-corrected chi connectivity index (χ1v) is 17.8. The third-order valence-corrected chi connectivity index (χ3v) is 12.2. The van der Waals surface area contributed by atoms with E-state index in [0.29, 0.717) is 53.8 Å². The summed E-state index contributed by atoms with van der Waals surface area (Å²) in [6.07, 6.45) is 9.08. The van der Waals surface area contributed by atoms with Gasteiger partial charge in [0.2, 0.25) is 0 Å². The molecule has 46 heavy (non-hydrogen) atoms. The molecule has 0 spiro atoms. The molecule has 1 aliphatic carbocycles. The number of halogens is 3. The van der Waals surface area contributed by atoms with Gasteiger partial charge in [0.15, 0.2) is 5.82 Å². The number of hydrogen-bond donors (Lipinski definition) is 2. The van der Waals surface area contributed by atoms with Gasteiger partial charge in [-0.1, -0.05) is 25.0 Å². The lowest BCUT2D eigenvalue weighted by atomic mass is 9.81. The van der Waals surface area contributed by atoms with E-state index in [2.05, 4.69) is 42.7 Å². The molecule has 11 heteroatoms. The van der Waals surface area contributed by atoms with Crippen LogP contribution in [0.15, 0.2) is 36.5 Å². The molecule has 2 aromatic carbocycles. The molecule has 4 aliphatic heterocycles. The number of alkyl halides is 1. The maximum Gasteiger partial charge on any atom is 0.319 e. The molecule has 6 atom stereocenters. The number of nitrogens with one attached hydrogen (secondary N) is 1. The van der Waals surface area contributed by atoms with Gasteiger partial charge in [-0.25, -0.2) is 8.78 Å². The van der Waals surface area contributed by atoms with Crippen LogP contribution in [-0.2, 0) is 0 Å². The molecule has 9 rings (SSSR count). The Balaban J connectivity index is 1.15. The molecular formula is C35H37F2IN6O2. The van der Waals surface area contributed by atoms with Crippen molar-refractivity contribution in [1.29, 1.82) is 0 Å². The molecule has 5 aliphatic rings. The summed E-state index contributed by atoms with van der Waals surface area (Å²) < 4.78 is 39.2. The predicted octanol–water partition coefficient (Wildman–Crippen LogP) is 6.36. The van der Waals surface area contributed by atoms with Crippen molar-refractivity contribution < 1.29 is 18.6 Å². The molecule has 8 nitrogen and oxygen atoms in total. The lowest BCUT2D eigenvalue weighted by Gasteiger charge is -2.36. The molecule has 2 bridgehead atoms. The Morgan fingerprint density at radius 3 is 2.72 bits per heavy atom. The number of phenolic OH excluding ortho intramolecular Hbond substituents is 1. The number of aromatic hydroxyl groups is 1. The number of pyridine rings is 1. The van der Waals surface area contributed by atoms with Crippen molar-refractivity contribution in [2.75, 3.05) is 31.1 Å². The third kappa shape index (κ3) is 4.74. The second-order valence-corrected chi connectivity index (χ2v) is 15.3. The SMILES string of the molecule is Oc1cc(-c2ncc3c(N4CC5CCC(C4)N5)nc(OCC45C[C@H](F)CN4[C@H]4CCCC[C@H]4C5)nc3c2F)c2c(I)cccc2c1. The third-order valence-electron chi connectivity index (χ3n) is 11.3. The zero-order valence-corrected chi connectivity index (χ0v) is 27.7. The van der Waals surface area contributed by atoms with E-state index in [1.807, 2.05) is 18.2 Å². The Morgan fingerprint density at radius 2 is 1.87 bits per heavy atom. The fourth-order valence-corrected chi connectivity index (χ4v) is 10.3. The standard InChI is InChI=1S/C35H37F2IN6O2/c36-21-13-35(12-20-4-1-2-7-28(20)44(35)15-21)18-46-34-41-32-26(33(42-34)43-16-22-8-9-23(17-43)40-22)14-39-31(30(32)37)25-11-24(45)10-19-5-3-6-27(38)29(19)25/h3,5-6,10-11,14,20-23,28,40,45H,1-2,4,7-9,12-13,15-18H2/t20-,21-,22?,23?,28-,35?/m0/s1. The van der Waals surface area contributed by atoms with Crippen LogP contribution in [0.4, 0.5) is 14.6 Å². The van der Waals surface area contributed by atoms with Crippen LogP contribution in [-0.4, -0.2) is 81.0 Å². The molecule has 3 unspecified atom stereocenters. The fourth-order valence-electron chi connectivity index (χ4n) is 9.45. The van der Waals surface area contributed by atoms with E-state index in [1.165, 1.54) is 19.3 Å². The average molecular weight is 739 g/mol. The normalized spacial score (nSPS) is 30.7. The summed E-state index contributed by atoms with van der Waals surface area (Å²) in [4.78, 5) is 18.9. The van der Waals surface area contributed by atoms with Gasteiger partial charge in [-0.3, -0.25) is 9.88 Å². The second-order valence-electron chi connectivity index (χ2n) is 14.2. The van der Waals surface area contributed by atoms with Crippen molar-refractivity contribution in [3.63, 3.8) is 0 Å². The summed E-state index contributed by atoms with van der Waals surface area (Å²) in [7, 11) is 0. The largest absolute Gasteiger partial charge is 0.508 e. The molecule has 240 valence electrons. The molecule has 2 N–H and O–H groups in total. The van der Waals surface area contributed by atoms with Crippen molar-refractivity contribution in [3.8, 4) is 23.0 Å². The lowest BCUT2D eigenvalue weighted by molar-refractivity contribution is 0.0775. The molecule has 4 aromatic rings. The molecule has 4 saturated heterocycles. The Hall–Kier alpha value is -2.90. The smallest absolute Gasteiger partial charge is 0.319 e. The lowest BCUT2D eigenvalue weighted by Crippen LogP contribution is -2.51. The number of aromatic nitrogens is 3. The first-order valence-electron chi connectivity index (χ1n) is 16.7. The van der Waals surface area contributed by atoms with E-state index < -0.39 is 12.0 Å². The zero-order chi connectivity index (χ0) is 31.2. The van der Waals surface area contributed by atoms with Crippen molar-refractivity contribution >= 4 is 50.1 Å². The molecular weight excluding hydrogens is 701 g/mol. The van der Waals surface area contributed by atoms with Gasteiger partial charge in [-0.05, 0) is 84.2 Å². The first kappa shape index (κ1) is 29.3. The van der Waals surface area contributed by atoms with Gasteiger partial charge in [0.1, 0.15) is 35.6 Å². The minimum Gasteiger partial charge on any atom is -0.508 e. The monoisotopic (exact) mass is 738 g/mol. The minimum atomic E-state index is -0.873. The fraction of sp³-hybridized carbons (Fsp3) is 0.514. The van der Waals surface area contributed by atoms with E-state index in [-0.39, 0.29) is 35.1 Å². The van der Waals surface area contributed by atoms with Crippen LogP contribution in [0, 0.1) is 15.3 Å². The van der Waals surface area contributed by atoms with Gasteiger partial charge >= 0.3 is 6.01 Å². The Bertz CT molecular complexity index is 1850. The Kier molecular flexibility index (Phi) is 7.05. The maximum absolute atomic E-state index is 16.9. The Labute approximate surface area is 280 Å². The van der Waals surface area contributed by atoms with E-state index in [9.17, 15) is 9.50 Å². The summed E-state index contributed by atoms with van der Waals surface area (Å²) in [6, 6.07) is 10.2. The zero-order valence-electron chi connectivity index (χ0n) is 25.6. The van der Waals surface area contributed by atoms with Crippen LogP contribution in [0.2, 0.25) is 0 Å². The molecule has 6 heterocycles. The highest BCUT2D eigenvalue weighted by molar-refractivity contribution is 14.1. The highest BCUT2D eigenvalue weighted by atomic mass is 127. The molecule has 0 amide bonds. The summed E-state index contributed by atoms with van der Waals surface area (Å²) in [5, 5.41) is 16.4. The van der Waals surface area contributed by atoms with Crippen LogP contribution in [0.1, 0.15) is 51.4 Å². The number of rotatable bonds is 5. The summed E-state index contributed by atoms with van der Waals surface area (Å²) >= 11 is 2.24. The topological polar surface area (TPSA) is 86.6 Å². The van der Waals surface area contributed by atoms with Crippen molar-refractivity contribution in [1.82, 2.24) is 25.2 Å². The highest BCUT2D eigenvalue weighted by Crippen LogP contribution is 2.51. The molecule has 5 fully saturated rings. The number of benzene rings is 2. The van der Waals surface area contributed by atoms with E-state index in [4.69, 9.17) is 14.7 Å². The number of piperazine rings is 1. The Morgan fingerprint density at radius 1 is 1.04 bits per heavy atom. The number of fused-ring (bicyclic) bond motifs is 7. The van der Waals surface area contributed by atoms with E-state index >= 15 is 4.39 Å². The second kappa shape index (κ2) is 11.1. The summed E-state index contributed by atoms with van der Waals surface area (Å²) in [6.45, 7) is 2.25. The van der Waals surface area contributed by atoms with Crippen LogP contribution in [0.25, 0.3) is 32.9 Å². The predicted molar refractivity (Wildman–Crippen MR) is 182 cm³/mol. The summed E-state index contributed by atoms with van der Waals surface area (Å²) in [5.74, 6) is 0.654. The van der Waals surface area contributed by atoms with Gasteiger partial charge in [-0.15, -0.1) is 0 Å². The van der Waals surface area contributed by atoms with Gasteiger partial charge in [0, 0.05) is 64.9 Å². The maximum atomic E-state index is 16.9. The van der Waals surface area contributed by atoms with Crippen molar-refractivity contribution in [2.45, 2.75) is 81.2 Å². The molecule has 1 saturated carbocycles. The van der Waals surface area contributed by atoms with Crippen LogP contribution >= 0.6 is 22.6 Å². The minimum absolute atomic E-state index is 0.0400. The van der Waals surface area contributed by atoms with Gasteiger partial charge in [-0.2, -0.15) is 9.97 Å². The molecule has 2 aromatic heterocycles. The summed E-state index contributed by atoms with van der Waals surface area (Å²) in [5.41, 5.74) is 0.382.